The van der Waals surface area contributed by atoms with Crippen molar-refractivity contribution in [2.45, 2.75) is 6.61 Å². The van der Waals surface area contributed by atoms with E-state index in [0.717, 1.165) is 0 Å². The third-order valence-electron chi connectivity index (χ3n) is 2.47. The summed E-state index contributed by atoms with van der Waals surface area (Å²) in [5, 5.41) is 12.3. The Balaban J connectivity index is 2.35. The highest BCUT2D eigenvalue weighted by Gasteiger charge is 2.11. The molecular weight excluding hydrogens is 286 g/mol. The molecule has 0 aliphatic heterocycles. The molecule has 2 aromatic rings. The lowest BCUT2D eigenvalue weighted by Crippen LogP contribution is -2.04. The third-order valence-corrected chi connectivity index (χ3v) is 2.71. The molecule has 0 spiro atoms. The molecule has 0 heterocycles. The fourth-order valence-electron chi connectivity index (χ4n) is 1.63. The number of ether oxygens (including phenoxy) is 1. The highest BCUT2D eigenvalue weighted by molar-refractivity contribution is 6.30. The number of nitriles is 1. The molecule has 102 valence electrons. The lowest BCUT2D eigenvalue weighted by molar-refractivity contribution is -0.0493. The van der Waals surface area contributed by atoms with E-state index in [4.69, 9.17) is 16.9 Å². The van der Waals surface area contributed by atoms with Crippen LogP contribution in [0.25, 0.3) is 0 Å². The van der Waals surface area contributed by atoms with Crippen molar-refractivity contribution in [1.29, 1.82) is 5.26 Å². The number of nitrogens with zero attached hydrogens (tertiary/aromatic N) is 1. The van der Waals surface area contributed by atoms with Crippen LogP contribution < -0.4 is 10.1 Å². The maximum absolute atomic E-state index is 12.3. The number of alkyl halides is 2. The van der Waals surface area contributed by atoms with Gasteiger partial charge in [0, 0.05) is 5.02 Å². The fraction of sp³-hybridized carbons (Fsp3) is 0.0714. The number of rotatable bonds is 4. The van der Waals surface area contributed by atoms with Gasteiger partial charge < -0.3 is 10.1 Å². The Morgan fingerprint density at radius 2 is 1.90 bits per heavy atom. The number of hydrogen-bond donors (Lipinski definition) is 1. The molecule has 1 N–H and O–H groups in total. The molecule has 0 amide bonds. The van der Waals surface area contributed by atoms with E-state index in [1.165, 1.54) is 6.07 Å². The van der Waals surface area contributed by atoms with Crippen LogP contribution in [0.3, 0.4) is 0 Å². The highest BCUT2D eigenvalue weighted by atomic mass is 35.5. The number of benzene rings is 2. The zero-order chi connectivity index (χ0) is 14.5. The Morgan fingerprint density at radius 1 is 1.15 bits per heavy atom. The van der Waals surface area contributed by atoms with Crippen molar-refractivity contribution >= 4 is 23.0 Å². The third kappa shape index (κ3) is 3.37. The summed E-state index contributed by atoms with van der Waals surface area (Å²) in [6, 6.07) is 12.9. The van der Waals surface area contributed by atoms with Crippen LogP contribution in [0.15, 0.2) is 42.5 Å². The first-order chi connectivity index (χ1) is 9.60. The molecule has 2 aromatic carbocycles. The van der Waals surface area contributed by atoms with Gasteiger partial charge >= 0.3 is 6.61 Å². The van der Waals surface area contributed by atoms with Crippen molar-refractivity contribution in [2.75, 3.05) is 5.32 Å². The van der Waals surface area contributed by atoms with E-state index >= 15 is 0 Å². The molecule has 0 aliphatic carbocycles. The minimum atomic E-state index is -2.92. The van der Waals surface area contributed by atoms with Gasteiger partial charge in [0.2, 0.25) is 0 Å². The lowest BCUT2D eigenvalue weighted by Gasteiger charge is -2.13. The Hall–Kier alpha value is -2.32. The van der Waals surface area contributed by atoms with Gasteiger partial charge in [0.25, 0.3) is 0 Å². The second-order valence-electron chi connectivity index (χ2n) is 3.80. The van der Waals surface area contributed by atoms with Crippen molar-refractivity contribution in [2.24, 2.45) is 0 Å². The van der Waals surface area contributed by atoms with Crippen LogP contribution in [0.4, 0.5) is 20.2 Å². The molecule has 3 nitrogen and oxygen atoms in total. The van der Waals surface area contributed by atoms with E-state index < -0.39 is 6.61 Å². The minimum Gasteiger partial charge on any atom is -0.433 e. The van der Waals surface area contributed by atoms with E-state index in [1.54, 1.807) is 36.4 Å². The van der Waals surface area contributed by atoms with Crippen LogP contribution in [0.5, 0.6) is 5.75 Å². The molecule has 0 aromatic heterocycles. The van der Waals surface area contributed by atoms with Crippen molar-refractivity contribution in [3.63, 3.8) is 0 Å². The van der Waals surface area contributed by atoms with E-state index in [0.29, 0.717) is 22.0 Å². The first-order valence-corrected chi connectivity index (χ1v) is 5.98. The first kappa shape index (κ1) is 14.1. The fourth-order valence-corrected chi connectivity index (χ4v) is 1.80. The van der Waals surface area contributed by atoms with Crippen molar-refractivity contribution < 1.29 is 13.5 Å². The van der Waals surface area contributed by atoms with Gasteiger partial charge in [-0.2, -0.15) is 14.0 Å². The molecule has 0 bridgehead atoms. The van der Waals surface area contributed by atoms with Crippen molar-refractivity contribution in [3.8, 4) is 11.8 Å². The average molecular weight is 295 g/mol. The normalized spacial score (nSPS) is 10.2. The maximum Gasteiger partial charge on any atom is 0.387 e. The molecule has 0 saturated heterocycles. The summed E-state index contributed by atoms with van der Waals surface area (Å²) in [7, 11) is 0. The van der Waals surface area contributed by atoms with E-state index in [1.807, 2.05) is 6.07 Å². The van der Waals surface area contributed by atoms with E-state index in [9.17, 15) is 8.78 Å². The summed E-state index contributed by atoms with van der Waals surface area (Å²) in [5.41, 5.74) is 1.10. The molecule has 6 heteroatoms. The Morgan fingerprint density at radius 3 is 2.60 bits per heavy atom. The summed E-state index contributed by atoms with van der Waals surface area (Å²) < 4.78 is 29.1. The second kappa shape index (κ2) is 6.22. The molecule has 2 rings (SSSR count). The topological polar surface area (TPSA) is 45.0 Å². The average Bonchev–Trinajstić information content (AvgIpc) is 2.41. The zero-order valence-electron chi connectivity index (χ0n) is 10.1. The number of nitrogens with one attached hydrogen (secondary N) is 1. The van der Waals surface area contributed by atoms with Gasteiger partial charge in [0.15, 0.2) is 0 Å². The number of para-hydroxylation sites is 2. The maximum atomic E-state index is 12.3. The van der Waals surface area contributed by atoms with E-state index in [2.05, 4.69) is 10.1 Å². The van der Waals surface area contributed by atoms with Gasteiger partial charge in [0.05, 0.1) is 16.9 Å². The SMILES string of the molecule is N#Cc1ccc(Cl)cc1Nc1ccccc1OC(F)F. The largest absolute Gasteiger partial charge is 0.433 e. The van der Waals surface area contributed by atoms with Gasteiger partial charge in [-0.3, -0.25) is 0 Å². The Kier molecular flexibility index (Phi) is 4.38. The van der Waals surface area contributed by atoms with Crippen LogP contribution in [0, 0.1) is 11.3 Å². The minimum absolute atomic E-state index is 0.00800. The predicted octanol–water partition coefficient (Wildman–Crippen LogP) is 4.56. The Bertz CT molecular complexity index is 656. The molecule has 0 atom stereocenters. The molecular formula is C14H9ClF2N2O. The number of halogens is 3. The Labute approximate surface area is 119 Å². The zero-order valence-corrected chi connectivity index (χ0v) is 10.9. The second-order valence-corrected chi connectivity index (χ2v) is 4.24. The van der Waals surface area contributed by atoms with Crippen molar-refractivity contribution in [1.82, 2.24) is 0 Å². The summed E-state index contributed by atoms with van der Waals surface area (Å²) >= 11 is 5.86. The number of anilines is 2. The molecule has 0 aliphatic rings. The first-order valence-electron chi connectivity index (χ1n) is 5.60. The van der Waals surface area contributed by atoms with Crippen molar-refractivity contribution in [3.05, 3.63) is 53.1 Å². The standard InChI is InChI=1S/C14H9ClF2N2O/c15-10-6-5-9(8-18)12(7-10)19-11-3-1-2-4-13(11)20-14(16)17/h1-7,14,19H. The van der Waals surface area contributed by atoms with Crippen LogP contribution in [-0.4, -0.2) is 6.61 Å². The van der Waals surface area contributed by atoms with Gasteiger partial charge in [-0.25, -0.2) is 0 Å². The smallest absolute Gasteiger partial charge is 0.387 e. The van der Waals surface area contributed by atoms with Crippen LogP contribution in [-0.2, 0) is 0 Å². The van der Waals surface area contributed by atoms with Crippen LogP contribution in [0.2, 0.25) is 5.02 Å². The van der Waals surface area contributed by atoms with Crippen LogP contribution >= 0.6 is 11.6 Å². The molecule has 0 fully saturated rings. The highest BCUT2D eigenvalue weighted by Crippen LogP contribution is 2.31. The van der Waals surface area contributed by atoms with Crippen LogP contribution in [0.1, 0.15) is 5.56 Å². The number of hydrogen-bond acceptors (Lipinski definition) is 3. The molecule has 20 heavy (non-hydrogen) atoms. The summed E-state index contributed by atoms with van der Waals surface area (Å²) in [4.78, 5) is 0. The summed E-state index contributed by atoms with van der Waals surface area (Å²) in [6.07, 6.45) is 0. The summed E-state index contributed by atoms with van der Waals surface area (Å²) in [5.74, 6) is -0.00800. The molecule has 0 radical (unpaired) electrons. The predicted molar refractivity (Wildman–Crippen MR) is 72.5 cm³/mol. The monoisotopic (exact) mass is 294 g/mol. The van der Waals surface area contributed by atoms with Gasteiger partial charge in [-0.15, -0.1) is 0 Å². The van der Waals surface area contributed by atoms with Gasteiger partial charge in [0.1, 0.15) is 11.8 Å². The molecule has 0 unspecified atom stereocenters. The van der Waals surface area contributed by atoms with E-state index in [-0.39, 0.29) is 5.75 Å². The lowest BCUT2D eigenvalue weighted by atomic mass is 10.2. The van der Waals surface area contributed by atoms with Gasteiger partial charge in [-0.1, -0.05) is 23.7 Å². The molecule has 0 saturated carbocycles. The summed E-state index contributed by atoms with van der Waals surface area (Å²) in [6.45, 7) is -2.92. The van der Waals surface area contributed by atoms with Gasteiger partial charge in [-0.05, 0) is 30.3 Å². The quantitative estimate of drug-likeness (QED) is 0.899.